The fourth-order valence-corrected chi connectivity index (χ4v) is 3.32. The Morgan fingerprint density at radius 1 is 1.25 bits per heavy atom. The van der Waals surface area contributed by atoms with E-state index in [-0.39, 0.29) is 5.43 Å². The van der Waals surface area contributed by atoms with Gasteiger partial charge in [-0.15, -0.1) is 0 Å². The third-order valence-electron chi connectivity index (χ3n) is 4.95. The highest BCUT2D eigenvalue weighted by molar-refractivity contribution is 6.10. The molecule has 4 N–H and O–H groups in total. The number of aromatic nitrogens is 4. The number of allylic oxidation sites excluding steroid dienone is 1. The monoisotopic (exact) mass is 429 g/mol. The van der Waals surface area contributed by atoms with Gasteiger partial charge in [0, 0.05) is 50.4 Å². The largest absolute Gasteiger partial charge is 0.482 e. The average Bonchev–Trinajstić information content (AvgIpc) is 3.24. The van der Waals surface area contributed by atoms with Gasteiger partial charge in [0.1, 0.15) is 17.8 Å². The Kier molecular flexibility index (Phi) is 5.98. The minimum atomic E-state index is -0.0519. The maximum absolute atomic E-state index is 11.6. The summed E-state index contributed by atoms with van der Waals surface area (Å²) in [4.78, 5) is 27.4. The quantitative estimate of drug-likeness (QED) is 0.307. The van der Waals surface area contributed by atoms with E-state index in [1.807, 2.05) is 40.9 Å². The highest BCUT2D eigenvalue weighted by Gasteiger charge is 2.09. The van der Waals surface area contributed by atoms with E-state index >= 15 is 0 Å². The lowest BCUT2D eigenvalue weighted by molar-refractivity contribution is 0.290. The molecule has 0 saturated heterocycles. The van der Waals surface area contributed by atoms with Crippen LogP contribution in [-0.2, 0) is 11.3 Å². The van der Waals surface area contributed by atoms with E-state index in [4.69, 9.17) is 10.5 Å². The minimum Gasteiger partial charge on any atom is -0.482 e. The van der Waals surface area contributed by atoms with Crippen LogP contribution in [0.5, 0.6) is 0 Å². The van der Waals surface area contributed by atoms with E-state index in [0.717, 1.165) is 28.1 Å². The van der Waals surface area contributed by atoms with Gasteiger partial charge in [-0.3, -0.25) is 14.2 Å². The van der Waals surface area contributed by atoms with Crippen LogP contribution in [0.25, 0.3) is 22.6 Å². The molecule has 0 bridgehead atoms. The maximum atomic E-state index is 11.6. The predicted octanol–water partition coefficient (Wildman–Crippen LogP) is 2.67. The number of nitrogens with one attached hydrogen (secondary N) is 2. The van der Waals surface area contributed by atoms with Gasteiger partial charge >= 0.3 is 0 Å². The average molecular weight is 429 g/mol. The number of pyridine rings is 1. The van der Waals surface area contributed by atoms with Crippen molar-refractivity contribution in [3.05, 3.63) is 88.4 Å². The Morgan fingerprint density at radius 2 is 2.06 bits per heavy atom. The summed E-state index contributed by atoms with van der Waals surface area (Å²) in [6.07, 6.45) is 6.73. The summed E-state index contributed by atoms with van der Waals surface area (Å²) >= 11 is 0. The molecule has 162 valence electrons. The van der Waals surface area contributed by atoms with Crippen molar-refractivity contribution in [2.45, 2.75) is 6.54 Å². The number of imidazole rings is 1. The molecule has 0 aliphatic carbocycles. The molecule has 0 aliphatic rings. The molecule has 0 atom stereocenters. The molecule has 0 fully saturated rings. The molecule has 9 heteroatoms. The predicted molar refractivity (Wildman–Crippen MR) is 125 cm³/mol. The van der Waals surface area contributed by atoms with E-state index < -0.39 is 0 Å². The first-order chi connectivity index (χ1) is 15.6. The summed E-state index contributed by atoms with van der Waals surface area (Å²) in [7, 11) is 3.22. The number of hydrogen-bond acceptors (Lipinski definition) is 7. The molecular weight excluding hydrogens is 406 g/mol. The van der Waals surface area contributed by atoms with Gasteiger partial charge in [-0.2, -0.15) is 0 Å². The van der Waals surface area contributed by atoms with E-state index in [0.29, 0.717) is 23.9 Å². The number of ether oxygens (including phenoxy) is 1. The van der Waals surface area contributed by atoms with Crippen molar-refractivity contribution >= 4 is 23.3 Å². The normalized spacial score (nSPS) is 12.2. The fraction of sp³-hybridized carbons (Fsp3) is 0.130. The summed E-state index contributed by atoms with van der Waals surface area (Å²) in [6.45, 7) is 0.581. The van der Waals surface area contributed by atoms with Gasteiger partial charge in [0.25, 0.3) is 0 Å². The number of nitrogens with two attached hydrogens (primary N) is 1. The number of aromatic amines is 1. The van der Waals surface area contributed by atoms with Crippen LogP contribution in [0, 0.1) is 0 Å². The lowest BCUT2D eigenvalue weighted by Crippen LogP contribution is -2.06. The van der Waals surface area contributed by atoms with Gasteiger partial charge in [0.05, 0.1) is 24.1 Å². The summed E-state index contributed by atoms with van der Waals surface area (Å²) in [5.74, 6) is 1.01. The number of H-pyrrole nitrogens is 1. The first kappa shape index (κ1) is 20.9. The number of benzene rings is 1. The van der Waals surface area contributed by atoms with Gasteiger partial charge in [0.15, 0.2) is 11.3 Å². The van der Waals surface area contributed by atoms with Crippen molar-refractivity contribution in [2.24, 2.45) is 10.7 Å². The molecule has 0 amide bonds. The van der Waals surface area contributed by atoms with Crippen LogP contribution >= 0.6 is 0 Å². The van der Waals surface area contributed by atoms with Gasteiger partial charge in [-0.1, -0.05) is 24.3 Å². The molecule has 4 rings (SSSR count). The fourth-order valence-electron chi connectivity index (χ4n) is 3.32. The SMILES string of the molecule is CN=CC(=C(N)OC)c1ccc(CNc2cc(-c3c[nH]c4cc(=O)ccn34)ncn2)cc1. The first-order valence-electron chi connectivity index (χ1n) is 9.90. The third kappa shape index (κ3) is 4.36. The molecule has 9 nitrogen and oxygen atoms in total. The molecule has 0 radical (unpaired) electrons. The van der Waals surface area contributed by atoms with Gasteiger partial charge < -0.3 is 20.8 Å². The number of anilines is 1. The second kappa shape index (κ2) is 9.17. The number of methoxy groups -OCH3 is 1. The molecule has 3 aromatic heterocycles. The van der Waals surface area contributed by atoms with Crippen LogP contribution < -0.4 is 16.5 Å². The smallest absolute Gasteiger partial charge is 0.193 e. The van der Waals surface area contributed by atoms with E-state index in [1.54, 1.807) is 25.5 Å². The van der Waals surface area contributed by atoms with Crippen molar-refractivity contribution in [3.63, 3.8) is 0 Å². The van der Waals surface area contributed by atoms with Crippen LogP contribution in [0.3, 0.4) is 0 Å². The number of aliphatic imine (C=N–C) groups is 1. The van der Waals surface area contributed by atoms with Crippen LogP contribution in [0.4, 0.5) is 5.82 Å². The van der Waals surface area contributed by atoms with Gasteiger partial charge in [0.2, 0.25) is 0 Å². The Labute approximate surface area is 184 Å². The van der Waals surface area contributed by atoms with Crippen molar-refractivity contribution < 1.29 is 4.74 Å². The highest BCUT2D eigenvalue weighted by atomic mass is 16.5. The van der Waals surface area contributed by atoms with E-state index in [1.165, 1.54) is 19.5 Å². The van der Waals surface area contributed by atoms with Crippen LogP contribution in [0.2, 0.25) is 0 Å². The van der Waals surface area contributed by atoms with Crippen molar-refractivity contribution in [3.8, 4) is 11.4 Å². The zero-order chi connectivity index (χ0) is 22.5. The van der Waals surface area contributed by atoms with Gasteiger partial charge in [-0.05, 0) is 11.1 Å². The molecule has 1 aromatic carbocycles. The van der Waals surface area contributed by atoms with E-state index in [2.05, 4.69) is 25.3 Å². The summed E-state index contributed by atoms with van der Waals surface area (Å²) in [5, 5.41) is 3.32. The van der Waals surface area contributed by atoms with Crippen molar-refractivity contribution in [2.75, 3.05) is 19.5 Å². The second-order valence-electron chi connectivity index (χ2n) is 7.00. The summed E-state index contributed by atoms with van der Waals surface area (Å²) < 4.78 is 7.03. The standard InChI is InChI=1S/C23H23N7O2/c1-25-12-18(23(24)32-2)16-5-3-15(4-6-16)11-26-21-10-19(28-14-29-21)20-13-27-22-9-17(31)7-8-30(20)22/h3-10,12-14,27H,11,24H2,1-2H3,(H,26,28,29). The minimum absolute atomic E-state index is 0.0519. The molecule has 0 spiro atoms. The molecular formula is C23H23N7O2. The molecule has 0 unspecified atom stereocenters. The first-order valence-corrected chi connectivity index (χ1v) is 9.90. The van der Waals surface area contributed by atoms with Crippen LogP contribution in [-0.4, -0.2) is 39.7 Å². The topological polar surface area (TPSA) is 123 Å². The van der Waals surface area contributed by atoms with E-state index in [9.17, 15) is 4.79 Å². The Hall–Kier alpha value is -4.40. The lowest BCUT2D eigenvalue weighted by atomic mass is 10.0. The summed E-state index contributed by atoms with van der Waals surface area (Å²) in [6, 6.07) is 12.9. The third-order valence-corrected chi connectivity index (χ3v) is 4.95. The Balaban J connectivity index is 1.51. The Bertz CT molecular complexity index is 1350. The van der Waals surface area contributed by atoms with Crippen LogP contribution in [0.15, 0.2) is 76.9 Å². The van der Waals surface area contributed by atoms with Crippen molar-refractivity contribution in [1.82, 2.24) is 19.4 Å². The zero-order valence-electron chi connectivity index (χ0n) is 17.7. The van der Waals surface area contributed by atoms with Gasteiger partial charge in [-0.25, -0.2) is 9.97 Å². The molecule has 0 saturated carbocycles. The lowest BCUT2D eigenvalue weighted by Gasteiger charge is -2.10. The molecule has 0 aliphatic heterocycles. The summed E-state index contributed by atoms with van der Waals surface area (Å²) in [5.41, 5.74) is 10.9. The van der Waals surface area contributed by atoms with Crippen LogP contribution in [0.1, 0.15) is 11.1 Å². The molecule has 4 aromatic rings. The molecule has 3 heterocycles. The maximum Gasteiger partial charge on any atom is 0.193 e. The number of hydrogen-bond donors (Lipinski definition) is 3. The number of fused-ring (bicyclic) bond motifs is 1. The Morgan fingerprint density at radius 3 is 2.81 bits per heavy atom. The zero-order valence-corrected chi connectivity index (χ0v) is 17.7. The molecule has 32 heavy (non-hydrogen) atoms. The highest BCUT2D eigenvalue weighted by Crippen LogP contribution is 2.21. The van der Waals surface area contributed by atoms with Crippen molar-refractivity contribution in [1.29, 1.82) is 0 Å². The number of rotatable bonds is 7. The number of nitrogens with zero attached hydrogens (tertiary/aromatic N) is 4. The second-order valence-corrected chi connectivity index (χ2v) is 7.00.